The molecule has 0 radical (unpaired) electrons. The van der Waals surface area contributed by atoms with Crippen LogP contribution in [0.25, 0.3) is 0 Å². The van der Waals surface area contributed by atoms with Gasteiger partial charge in [-0.25, -0.2) is 0 Å². The average molecular weight is 261 g/mol. The van der Waals surface area contributed by atoms with Gasteiger partial charge < -0.3 is 15.2 Å². The summed E-state index contributed by atoms with van der Waals surface area (Å²) >= 11 is 0. The largest absolute Gasteiger partial charge is 0.573 e. The van der Waals surface area contributed by atoms with E-state index in [9.17, 15) is 26.3 Å². The van der Waals surface area contributed by atoms with Crippen molar-refractivity contribution in [1.29, 1.82) is 0 Å². The van der Waals surface area contributed by atoms with Crippen LogP contribution in [-0.4, -0.2) is 12.7 Å². The first-order valence-electron chi connectivity index (χ1n) is 3.98. The molecular formula is C8H5F6NO2. The third-order valence-corrected chi connectivity index (χ3v) is 1.44. The molecule has 0 saturated heterocycles. The lowest BCUT2D eigenvalue weighted by Crippen LogP contribution is -2.19. The van der Waals surface area contributed by atoms with E-state index >= 15 is 0 Å². The van der Waals surface area contributed by atoms with Crippen molar-refractivity contribution in [2.75, 3.05) is 5.73 Å². The molecule has 0 bridgehead atoms. The maximum absolute atomic E-state index is 11.8. The van der Waals surface area contributed by atoms with Crippen LogP contribution in [0.3, 0.4) is 0 Å². The van der Waals surface area contributed by atoms with Gasteiger partial charge >= 0.3 is 12.7 Å². The average Bonchev–Trinajstić information content (AvgIpc) is 2.05. The molecule has 2 N–H and O–H groups in total. The highest BCUT2D eigenvalue weighted by Gasteiger charge is 2.33. The van der Waals surface area contributed by atoms with Crippen molar-refractivity contribution < 1.29 is 35.8 Å². The minimum Gasteiger partial charge on any atom is -0.406 e. The van der Waals surface area contributed by atoms with Crippen LogP contribution < -0.4 is 15.2 Å². The number of rotatable bonds is 2. The van der Waals surface area contributed by atoms with Gasteiger partial charge in [-0.05, 0) is 12.1 Å². The lowest BCUT2D eigenvalue weighted by atomic mass is 10.3. The van der Waals surface area contributed by atoms with Crippen LogP contribution in [0.2, 0.25) is 0 Å². The molecule has 1 aromatic rings. The van der Waals surface area contributed by atoms with E-state index in [1.165, 1.54) is 0 Å². The third-order valence-electron chi connectivity index (χ3n) is 1.44. The second-order valence-corrected chi connectivity index (χ2v) is 2.80. The van der Waals surface area contributed by atoms with Gasteiger partial charge in [0.05, 0.1) is 5.69 Å². The van der Waals surface area contributed by atoms with Crippen LogP contribution in [0.15, 0.2) is 18.2 Å². The number of nitrogen functional groups attached to an aromatic ring is 1. The van der Waals surface area contributed by atoms with E-state index in [0.717, 1.165) is 0 Å². The number of anilines is 1. The van der Waals surface area contributed by atoms with Gasteiger partial charge in [0.1, 0.15) is 5.75 Å². The molecule has 0 amide bonds. The Morgan fingerprint density at radius 3 is 1.82 bits per heavy atom. The fourth-order valence-corrected chi connectivity index (χ4v) is 0.941. The molecule has 1 rings (SSSR count). The molecule has 0 heterocycles. The van der Waals surface area contributed by atoms with Gasteiger partial charge in [0.2, 0.25) is 0 Å². The lowest BCUT2D eigenvalue weighted by Gasteiger charge is -2.13. The zero-order valence-electron chi connectivity index (χ0n) is 7.89. The Balaban J connectivity index is 2.87. The van der Waals surface area contributed by atoms with Crippen molar-refractivity contribution in [1.82, 2.24) is 0 Å². The van der Waals surface area contributed by atoms with Gasteiger partial charge in [-0.1, -0.05) is 0 Å². The Labute approximate surface area is 90.7 Å². The Hall–Kier alpha value is -1.80. The third kappa shape index (κ3) is 4.70. The highest BCUT2D eigenvalue weighted by atomic mass is 19.4. The van der Waals surface area contributed by atoms with Crippen LogP contribution >= 0.6 is 0 Å². The van der Waals surface area contributed by atoms with Crippen LogP contribution in [0.5, 0.6) is 11.5 Å². The molecular weight excluding hydrogens is 256 g/mol. The van der Waals surface area contributed by atoms with Crippen molar-refractivity contribution in [3.63, 3.8) is 0 Å². The van der Waals surface area contributed by atoms with E-state index in [1.54, 1.807) is 0 Å². The molecule has 9 heteroatoms. The van der Waals surface area contributed by atoms with Crippen molar-refractivity contribution in [3.8, 4) is 11.5 Å². The molecule has 0 saturated carbocycles. The predicted molar refractivity (Wildman–Crippen MR) is 44.2 cm³/mol. The quantitative estimate of drug-likeness (QED) is 0.657. The second kappa shape index (κ2) is 4.22. The van der Waals surface area contributed by atoms with Crippen LogP contribution in [0.1, 0.15) is 0 Å². The molecule has 0 aliphatic heterocycles. The molecule has 0 spiro atoms. The summed E-state index contributed by atoms with van der Waals surface area (Å²) in [6, 6.07) is 1.86. The normalized spacial score (nSPS) is 12.4. The molecule has 1 aromatic carbocycles. The first kappa shape index (κ1) is 13.3. The minimum atomic E-state index is -4.97. The van der Waals surface area contributed by atoms with Gasteiger partial charge in [-0.3, -0.25) is 0 Å². The van der Waals surface area contributed by atoms with Crippen molar-refractivity contribution >= 4 is 5.69 Å². The Morgan fingerprint density at radius 2 is 1.41 bits per heavy atom. The second-order valence-electron chi connectivity index (χ2n) is 2.80. The summed E-state index contributed by atoms with van der Waals surface area (Å²) in [7, 11) is 0. The Morgan fingerprint density at radius 1 is 0.882 bits per heavy atom. The van der Waals surface area contributed by atoms with Gasteiger partial charge in [-0.15, -0.1) is 26.3 Å². The number of benzene rings is 1. The fourth-order valence-electron chi connectivity index (χ4n) is 0.941. The fraction of sp³-hybridized carbons (Fsp3) is 0.250. The molecule has 0 aliphatic rings. The number of hydrogen-bond donors (Lipinski definition) is 1. The van der Waals surface area contributed by atoms with Gasteiger partial charge in [0.25, 0.3) is 0 Å². The zero-order valence-corrected chi connectivity index (χ0v) is 7.89. The first-order chi connectivity index (χ1) is 7.57. The zero-order chi connectivity index (χ0) is 13.3. The van der Waals surface area contributed by atoms with Crippen LogP contribution in [0, 0.1) is 0 Å². The van der Waals surface area contributed by atoms with Crippen molar-refractivity contribution in [2.45, 2.75) is 12.7 Å². The number of alkyl halides is 6. The van der Waals surface area contributed by atoms with E-state index in [4.69, 9.17) is 5.73 Å². The number of ether oxygens (including phenoxy) is 2. The summed E-state index contributed by atoms with van der Waals surface area (Å²) in [6.07, 6.45) is -9.92. The lowest BCUT2D eigenvalue weighted by molar-refractivity contribution is -0.276. The highest BCUT2D eigenvalue weighted by molar-refractivity contribution is 5.56. The number of nitrogens with two attached hydrogens (primary N) is 1. The molecule has 0 unspecified atom stereocenters. The molecule has 96 valence electrons. The summed E-state index contributed by atoms with van der Waals surface area (Å²) in [5, 5.41) is 0. The molecule has 0 aliphatic carbocycles. The predicted octanol–water partition coefficient (Wildman–Crippen LogP) is 3.07. The molecule has 3 nitrogen and oxygen atoms in total. The van der Waals surface area contributed by atoms with Gasteiger partial charge in [0.15, 0.2) is 5.75 Å². The first-order valence-corrected chi connectivity index (χ1v) is 3.98. The Kier molecular flexibility index (Phi) is 3.30. The van der Waals surface area contributed by atoms with E-state index in [0.29, 0.717) is 18.2 Å². The summed E-state index contributed by atoms with van der Waals surface area (Å²) in [5.74, 6) is -1.53. The smallest absolute Gasteiger partial charge is 0.406 e. The summed E-state index contributed by atoms with van der Waals surface area (Å²) in [5.41, 5.74) is 4.45. The SMILES string of the molecule is Nc1cc(OC(F)(F)F)ccc1OC(F)(F)F. The monoisotopic (exact) mass is 261 g/mol. The highest BCUT2D eigenvalue weighted by Crippen LogP contribution is 2.33. The Bertz CT molecular complexity index is 400. The van der Waals surface area contributed by atoms with Crippen molar-refractivity contribution in [2.24, 2.45) is 0 Å². The number of halogens is 6. The standard InChI is InChI=1S/C8H5F6NO2/c9-7(10,11)16-4-1-2-6(5(15)3-4)17-8(12,13)14/h1-3H,15H2. The molecule has 0 fully saturated rings. The van der Waals surface area contributed by atoms with Crippen LogP contribution in [0.4, 0.5) is 32.0 Å². The molecule has 0 aromatic heterocycles. The number of hydrogen-bond acceptors (Lipinski definition) is 3. The minimum absolute atomic E-state index is 0.578. The molecule has 0 atom stereocenters. The van der Waals surface area contributed by atoms with E-state index < -0.39 is 29.9 Å². The maximum Gasteiger partial charge on any atom is 0.573 e. The van der Waals surface area contributed by atoms with E-state index in [2.05, 4.69) is 9.47 Å². The molecule has 17 heavy (non-hydrogen) atoms. The van der Waals surface area contributed by atoms with E-state index in [-0.39, 0.29) is 0 Å². The van der Waals surface area contributed by atoms with Crippen molar-refractivity contribution in [3.05, 3.63) is 18.2 Å². The summed E-state index contributed by atoms with van der Waals surface area (Å²) in [4.78, 5) is 0. The van der Waals surface area contributed by atoms with E-state index in [1.807, 2.05) is 0 Å². The van der Waals surface area contributed by atoms with Crippen LogP contribution in [-0.2, 0) is 0 Å². The topological polar surface area (TPSA) is 44.5 Å². The van der Waals surface area contributed by atoms with Gasteiger partial charge in [-0.2, -0.15) is 0 Å². The van der Waals surface area contributed by atoms with Gasteiger partial charge in [0, 0.05) is 6.07 Å². The maximum atomic E-state index is 11.8. The summed E-state index contributed by atoms with van der Waals surface area (Å²) in [6.45, 7) is 0. The summed E-state index contributed by atoms with van der Waals surface area (Å²) < 4.78 is 77.6.